The normalized spacial score (nSPS) is 18.3. The quantitative estimate of drug-likeness (QED) is 0.734. The van der Waals surface area contributed by atoms with Gasteiger partial charge in [0.05, 0.1) is 6.04 Å². The number of carbonyl (C=O) groups is 2. The minimum Gasteiger partial charge on any atom is -0.340 e. The highest BCUT2D eigenvalue weighted by Gasteiger charge is 2.33. The van der Waals surface area contributed by atoms with Gasteiger partial charge in [0.2, 0.25) is 11.8 Å². The molecule has 2 rings (SSSR count). The molecular formula is C21H32FN3O2. The molecule has 1 saturated heterocycles. The fraction of sp³-hybridized carbons (Fsp3) is 0.619. The summed E-state index contributed by atoms with van der Waals surface area (Å²) in [5.41, 5.74) is 0.904. The van der Waals surface area contributed by atoms with Crippen molar-refractivity contribution >= 4 is 11.8 Å². The summed E-state index contributed by atoms with van der Waals surface area (Å²) in [4.78, 5) is 31.2. The molecule has 27 heavy (non-hydrogen) atoms. The first-order valence-corrected chi connectivity index (χ1v) is 9.74. The fourth-order valence-electron chi connectivity index (χ4n) is 3.47. The topological polar surface area (TPSA) is 43.9 Å². The number of carbonyl (C=O) groups excluding carboxylic acids is 2. The van der Waals surface area contributed by atoms with E-state index in [0.717, 1.165) is 18.5 Å². The molecule has 1 aromatic rings. The molecule has 0 saturated carbocycles. The number of rotatable bonds is 7. The zero-order chi connectivity index (χ0) is 20.0. The summed E-state index contributed by atoms with van der Waals surface area (Å²) in [6.07, 6.45) is 1.67. The molecule has 150 valence electrons. The van der Waals surface area contributed by atoms with Crippen LogP contribution in [-0.4, -0.2) is 66.3 Å². The maximum Gasteiger partial charge on any atom is 0.224 e. The van der Waals surface area contributed by atoms with Crippen LogP contribution in [0.3, 0.4) is 0 Å². The molecule has 1 aliphatic rings. The van der Waals surface area contributed by atoms with E-state index in [9.17, 15) is 14.0 Å². The Kier molecular flexibility index (Phi) is 7.78. The second-order valence-electron chi connectivity index (χ2n) is 7.96. The number of halogens is 1. The van der Waals surface area contributed by atoms with Crippen LogP contribution in [0.2, 0.25) is 0 Å². The lowest BCUT2D eigenvalue weighted by Gasteiger charge is -2.35. The molecule has 0 radical (unpaired) electrons. The second-order valence-corrected chi connectivity index (χ2v) is 7.96. The number of nitrogens with zero attached hydrogens (tertiary/aromatic N) is 3. The minimum absolute atomic E-state index is 0.0390. The molecule has 0 unspecified atom stereocenters. The Balaban J connectivity index is 2.08. The standard InChI is InChI=1S/C21H32FN3O2/c1-16(2)19-15-24(20(26)6-5-12-23(3)4)13-11-21(27)25(19)14-17-7-9-18(22)10-8-17/h7-10,16,19H,5-6,11-15H2,1-4H3/t19-/m0/s1. The summed E-state index contributed by atoms with van der Waals surface area (Å²) in [6, 6.07) is 6.23. The minimum atomic E-state index is -0.282. The Bertz CT molecular complexity index is 631. The first kappa shape index (κ1) is 21.4. The van der Waals surface area contributed by atoms with Crippen molar-refractivity contribution in [1.29, 1.82) is 0 Å². The average Bonchev–Trinajstić information content (AvgIpc) is 2.76. The molecule has 1 heterocycles. The molecule has 2 amide bonds. The van der Waals surface area contributed by atoms with Crippen LogP contribution in [0.4, 0.5) is 4.39 Å². The summed E-state index contributed by atoms with van der Waals surface area (Å²) in [7, 11) is 3.99. The van der Waals surface area contributed by atoms with Gasteiger partial charge in [-0.15, -0.1) is 0 Å². The van der Waals surface area contributed by atoms with Crippen LogP contribution < -0.4 is 0 Å². The number of benzene rings is 1. The first-order chi connectivity index (χ1) is 12.8. The van der Waals surface area contributed by atoms with Gasteiger partial charge in [0.15, 0.2) is 0 Å². The van der Waals surface area contributed by atoms with Gasteiger partial charge in [0.1, 0.15) is 5.82 Å². The third-order valence-corrected chi connectivity index (χ3v) is 5.11. The van der Waals surface area contributed by atoms with Gasteiger partial charge in [0.25, 0.3) is 0 Å². The summed E-state index contributed by atoms with van der Waals surface area (Å²) >= 11 is 0. The third kappa shape index (κ3) is 6.31. The van der Waals surface area contributed by atoms with Gasteiger partial charge >= 0.3 is 0 Å². The Morgan fingerprint density at radius 3 is 2.52 bits per heavy atom. The first-order valence-electron chi connectivity index (χ1n) is 9.74. The van der Waals surface area contributed by atoms with E-state index in [4.69, 9.17) is 0 Å². The lowest BCUT2D eigenvalue weighted by Crippen LogP contribution is -2.47. The molecule has 1 atom stereocenters. The SMILES string of the molecule is CC(C)[C@@H]1CN(C(=O)CCCN(C)C)CCC(=O)N1Cc1ccc(F)cc1. The fourth-order valence-corrected chi connectivity index (χ4v) is 3.47. The summed E-state index contributed by atoms with van der Waals surface area (Å²) in [5.74, 6) is 0.126. The van der Waals surface area contributed by atoms with E-state index in [0.29, 0.717) is 32.5 Å². The van der Waals surface area contributed by atoms with Crippen molar-refractivity contribution in [3.05, 3.63) is 35.6 Å². The molecular weight excluding hydrogens is 345 g/mol. The molecule has 0 aliphatic carbocycles. The smallest absolute Gasteiger partial charge is 0.224 e. The van der Waals surface area contributed by atoms with Gasteiger partial charge in [-0.3, -0.25) is 9.59 Å². The summed E-state index contributed by atoms with van der Waals surface area (Å²) in [6.45, 7) is 6.52. The van der Waals surface area contributed by atoms with Crippen molar-refractivity contribution in [2.45, 2.75) is 45.7 Å². The zero-order valence-electron chi connectivity index (χ0n) is 16.9. The van der Waals surface area contributed by atoms with Crippen LogP contribution >= 0.6 is 0 Å². The van der Waals surface area contributed by atoms with E-state index in [-0.39, 0.29) is 29.6 Å². The van der Waals surface area contributed by atoms with Crippen molar-refractivity contribution in [3.63, 3.8) is 0 Å². The number of hydrogen-bond donors (Lipinski definition) is 0. The van der Waals surface area contributed by atoms with Crippen molar-refractivity contribution in [3.8, 4) is 0 Å². The molecule has 1 aromatic carbocycles. The zero-order valence-corrected chi connectivity index (χ0v) is 16.9. The van der Waals surface area contributed by atoms with Crippen LogP contribution in [0.1, 0.15) is 38.7 Å². The Hall–Kier alpha value is -1.95. The van der Waals surface area contributed by atoms with Gasteiger partial charge < -0.3 is 14.7 Å². The largest absolute Gasteiger partial charge is 0.340 e. The van der Waals surface area contributed by atoms with Crippen molar-refractivity contribution in [2.24, 2.45) is 5.92 Å². The van der Waals surface area contributed by atoms with E-state index in [2.05, 4.69) is 18.7 Å². The van der Waals surface area contributed by atoms with E-state index >= 15 is 0 Å². The van der Waals surface area contributed by atoms with E-state index in [1.165, 1.54) is 12.1 Å². The Labute approximate surface area is 162 Å². The molecule has 0 N–H and O–H groups in total. The number of amides is 2. The second kappa shape index (κ2) is 9.83. The predicted octanol–water partition coefficient (Wildman–Crippen LogP) is 2.75. The van der Waals surface area contributed by atoms with Crippen LogP contribution in [-0.2, 0) is 16.1 Å². The average molecular weight is 378 g/mol. The van der Waals surface area contributed by atoms with Crippen molar-refractivity contribution in [1.82, 2.24) is 14.7 Å². The van der Waals surface area contributed by atoms with Gasteiger partial charge in [-0.25, -0.2) is 4.39 Å². The maximum atomic E-state index is 13.2. The molecule has 1 fully saturated rings. The highest BCUT2D eigenvalue weighted by molar-refractivity contribution is 5.80. The van der Waals surface area contributed by atoms with Crippen LogP contribution in [0.25, 0.3) is 0 Å². The lowest BCUT2D eigenvalue weighted by molar-refractivity contribution is -0.134. The van der Waals surface area contributed by atoms with Crippen molar-refractivity contribution in [2.75, 3.05) is 33.7 Å². The Morgan fingerprint density at radius 1 is 1.26 bits per heavy atom. The van der Waals surface area contributed by atoms with Crippen LogP contribution in [0, 0.1) is 11.7 Å². The lowest BCUT2D eigenvalue weighted by atomic mass is 10.0. The highest BCUT2D eigenvalue weighted by atomic mass is 19.1. The van der Waals surface area contributed by atoms with E-state index in [1.807, 2.05) is 23.9 Å². The van der Waals surface area contributed by atoms with Gasteiger partial charge in [0, 0.05) is 32.5 Å². The predicted molar refractivity (Wildman–Crippen MR) is 105 cm³/mol. The molecule has 0 bridgehead atoms. The summed E-state index contributed by atoms with van der Waals surface area (Å²) < 4.78 is 13.2. The molecule has 0 aromatic heterocycles. The van der Waals surface area contributed by atoms with Gasteiger partial charge in [-0.1, -0.05) is 26.0 Å². The van der Waals surface area contributed by atoms with Crippen LogP contribution in [0.15, 0.2) is 24.3 Å². The molecule has 5 nitrogen and oxygen atoms in total. The monoisotopic (exact) mass is 377 g/mol. The van der Waals surface area contributed by atoms with Crippen molar-refractivity contribution < 1.29 is 14.0 Å². The van der Waals surface area contributed by atoms with E-state index < -0.39 is 0 Å². The highest BCUT2D eigenvalue weighted by Crippen LogP contribution is 2.21. The van der Waals surface area contributed by atoms with Crippen LogP contribution in [0.5, 0.6) is 0 Å². The summed E-state index contributed by atoms with van der Waals surface area (Å²) in [5, 5.41) is 0. The molecule has 1 aliphatic heterocycles. The van der Waals surface area contributed by atoms with Gasteiger partial charge in [-0.05, 0) is 50.7 Å². The maximum absolute atomic E-state index is 13.2. The Morgan fingerprint density at radius 2 is 1.93 bits per heavy atom. The van der Waals surface area contributed by atoms with Gasteiger partial charge in [-0.2, -0.15) is 0 Å². The number of hydrogen-bond acceptors (Lipinski definition) is 3. The molecule has 6 heteroatoms. The third-order valence-electron chi connectivity index (χ3n) is 5.11. The molecule has 0 spiro atoms. The van der Waals surface area contributed by atoms with E-state index in [1.54, 1.807) is 12.1 Å².